The lowest BCUT2D eigenvalue weighted by Gasteiger charge is -2.21. The van der Waals surface area contributed by atoms with Crippen LogP contribution in [0.4, 0.5) is 5.69 Å². The van der Waals surface area contributed by atoms with Gasteiger partial charge in [-0.05, 0) is 30.4 Å². The molecule has 1 fully saturated rings. The van der Waals surface area contributed by atoms with E-state index >= 15 is 0 Å². The van der Waals surface area contributed by atoms with Crippen LogP contribution < -0.4 is 0 Å². The zero-order valence-electron chi connectivity index (χ0n) is 8.65. The first kappa shape index (κ1) is 10.1. The maximum atomic E-state index is 10.1. The number of hydrogen-bond donors (Lipinski definition) is 0. The van der Waals surface area contributed by atoms with Gasteiger partial charge in [0.25, 0.3) is 0 Å². The van der Waals surface area contributed by atoms with Crippen molar-refractivity contribution < 1.29 is 4.79 Å². The molecule has 0 spiro atoms. The van der Waals surface area contributed by atoms with Crippen molar-refractivity contribution in [3.05, 3.63) is 24.0 Å². The van der Waals surface area contributed by atoms with Crippen molar-refractivity contribution in [2.24, 2.45) is 4.99 Å². The fourth-order valence-electron chi connectivity index (χ4n) is 2.22. The number of carbonyl (C=O) groups excluding carboxylic acids is 1. The van der Waals surface area contributed by atoms with Gasteiger partial charge in [0, 0.05) is 6.20 Å². The van der Waals surface area contributed by atoms with Gasteiger partial charge >= 0.3 is 0 Å². The zero-order valence-corrected chi connectivity index (χ0v) is 8.65. The predicted octanol–water partition coefficient (Wildman–Crippen LogP) is 3.10. The Morgan fingerprint density at radius 2 is 2.07 bits per heavy atom. The summed E-state index contributed by atoms with van der Waals surface area (Å²) in [6, 6.07) is 1.95. The Morgan fingerprint density at radius 3 is 2.80 bits per heavy atom. The molecule has 0 aromatic carbocycles. The highest BCUT2D eigenvalue weighted by Crippen LogP contribution is 2.33. The lowest BCUT2D eigenvalue weighted by atomic mass is 9.85. The van der Waals surface area contributed by atoms with Crippen molar-refractivity contribution in [3.8, 4) is 0 Å². The molecule has 2 rings (SSSR count). The number of rotatable bonds is 2. The molecule has 0 amide bonds. The Bertz CT molecular complexity index is 377. The van der Waals surface area contributed by atoms with Crippen molar-refractivity contribution >= 4 is 11.8 Å². The fraction of sp³-hybridized carbons (Fsp3) is 0.500. The average Bonchev–Trinajstić information content (AvgIpc) is 2.31. The largest absolute Gasteiger partial charge is 0.262 e. The van der Waals surface area contributed by atoms with Gasteiger partial charge in [0.05, 0.1) is 11.9 Å². The van der Waals surface area contributed by atoms with E-state index < -0.39 is 0 Å². The summed E-state index contributed by atoms with van der Waals surface area (Å²) in [5, 5.41) is 0. The standard InChI is InChI=1S/C12H14N2O/c15-9-14-12-6-11(7-13-8-12)10-4-2-1-3-5-10/h6-8,10H,1-5H2. The minimum Gasteiger partial charge on any atom is -0.262 e. The average molecular weight is 202 g/mol. The lowest BCUT2D eigenvalue weighted by molar-refractivity contribution is 0.443. The Balaban J connectivity index is 2.19. The van der Waals surface area contributed by atoms with E-state index in [2.05, 4.69) is 9.98 Å². The number of hydrogen-bond acceptors (Lipinski definition) is 3. The van der Waals surface area contributed by atoms with Gasteiger partial charge in [-0.2, -0.15) is 4.99 Å². The smallest absolute Gasteiger partial charge is 0.240 e. The third kappa shape index (κ3) is 2.51. The molecule has 15 heavy (non-hydrogen) atoms. The predicted molar refractivity (Wildman–Crippen MR) is 57.8 cm³/mol. The van der Waals surface area contributed by atoms with Crippen molar-refractivity contribution in [2.45, 2.75) is 38.0 Å². The second kappa shape index (κ2) is 4.85. The first-order valence-corrected chi connectivity index (χ1v) is 5.43. The summed E-state index contributed by atoms with van der Waals surface area (Å²) in [6.07, 6.45) is 11.4. The molecule has 0 unspecified atom stereocenters. The maximum absolute atomic E-state index is 10.1. The molecule has 1 aromatic heterocycles. The Hall–Kier alpha value is -1.47. The van der Waals surface area contributed by atoms with Crippen molar-refractivity contribution in [1.82, 2.24) is 4.98 Å². The van der Waals surface area contributed by atoms with E-state index in [4.69, 9.17) is 0 Å². The molecule has 1 heterocycles. The minimum absolute atomic E-state index is 0.605. The first-order chi connectivity index (χ1) is 7.40. The van der Waals surface area contributed by atoms with Gasteiger partial charge in [0.15, 0.2) is 0 Å². The van der Waals surface area contributed by atoms with Gasteiger partial charge in [-0.25, -0.2) is 4.79 Å². The molecule has 1 saturated carbocycles. The lowest BCUT2D eigenvalue weighted by Crippen LogP contribution is -2.04. The number of isocyanates is 1. The number of aromatic nitrogens is 1. The van der Waals surface area contributed by atoms with Crippen LogP contribution in [-0.4, -0.2) is 11.1 Å². The molecular formula is C12H14N2O. The second-order valence-electron chi connectivity index (χ2n) is 4.01. The van der Waals surface area contributed by atoms with Crippen LogP contribution in [0.5, 0.6) is 0 Å². The van der Waals surface area contributed by atoms with Crippen LogP contribution in [0.1, 0.15) is 43.6 Å². The summed E-state index contributed by atoms with van der Waals surface area (Å²) >= 11 is 0. The third-order valence-corrected chi connectivity index (χ3v) is 3.00. The van der Waals surface area contributed by atoms with Gasteiger partial charge in [-0.3, -0.25) is 4.98 Å². The van der Waals surface area contributed by atoms with Gasteiger partial charge in [0.1, 0.15) is 0 Å². The van der Waals surface area contributed by atoms with Gasteiger partial charge in [-0.15, -0.1) is 0 Å². The van der Waals surface area contributed by atoms with E-state index in [1.165, 1.54) is 37.7 Å². The molecule has 1 aromatic rings. The van der Waals surface area contributed by atoms with Crippen molar-refractivity contribution in [1.29, 1.82) is 0 Å². The third-order valence-electron chi connectivity index (χ3n) is 3.00. The van der Waals surface area contributed by atoms with E-state index in [1.807, 2.05) is 12.3 Å². The zero-order chi connectivity index (χ0) is 10.5. The molecule has 0 atom stereocenters. The molecule has 3 heteroatoms. The summed E-state index contributed by atoms with van der Waals surface area (Å²) in [5.41, 5.74) is 1.83. The van der Waals surface area contributed by atoms with Gasteiger partial charge in [0.2, 0.25) is 6.08 Å². The summed E-state index contributed by atoms with van der Waals surface area (Å²) < 4.78 is 0. The fourth-order valence-corrected chi connectivity index (χ4v) is 2.22. The Kier molecular flexibility index (Phi) is 3.25. The normalized spacial score (nSPS) is 17.1. The molecule has 1 aliphatic carbocycles. The molecule has 3 nitrogen and oxygen atoms in total. The van der Waals surface area contributed by atoms with Crippen LogP contribution >= 0.6 is 0 Å². The van der Waals surface area contributed by atoms with Crippen LogP contribution in [0.2, 0.25) is 0 Å². The molecule has 0 bridgehead atoms. The number of nitrogens with zero attached hydrogens (tertiary/aromatic N) is 2. The Morgan fingerprint density at radius 1 is 1.27 bits per heavy atom. The summed E-state index contributed by atoms with van der Waals surface area (Å²) in [4.78, 5) is 17.8. The monoisotopic (exact) mass is 202 g/mol. The SMILES string of the molecule is O=C=Nc1cncc(C2CCCCC2)c1. The molecule has 0 aliphatic heterocycles. The molecule has 0 radical (unpaired) electrons. The van der Waals surface area contributed by atoms with E-state index in [-0.39, 0.29) is 0 Å². The highest BCUT2D eigenvalue weighted by atomic mass is 16.1. The number of aliphatic imine (C=N–C) groups is 1. The minimum atomic E-state index is 0.605. The molecule has 0 N–H and O–H groups in total. The molecule has 0 saturated heterocycles. The number of pyridine rings is 1. The summed E-state index contributed by atoms with van der Waals surface area (Å²) in [6.45, 7) is 0. The topological polar surface area (TPSA) is 42.3 Å². The van der Waals surface area contributed by atoms with Crippen LogP contribution in [0.15, 0.2) is 23.5 Å². The summed E-state index contributed by atoms with van der Waals surface area (Å²) in [7, 11) is 0. The van der Waals surface area contributed by atoms with Gasteiger partial charge in [-0.1, -0.05) is 19.3 Å². The molecular weight excluding hydrogens is 188 g/mol. The van der Waals surface area contributed by atoms with E-state index in [0.717, 1.165) is 0 Å². The highest BCUT2D eigenvalue weighted by molar-refractivity contribution is 5.48. The van der Waals surface area contributed by atoms with Crippen LogP contribution in [-0.2, 0) is 4.79 Å². The van der Waals surface area contributed by atoms with Crippen molar-refractivity contribution in [2.75, 3.05) is 0 Å². The van der Waals surface area contributed by atoms with E-state index in [1.54, 1.807) is 12.3 Å². The quantitative estimate of drug-likeness (QED) is 0.546. The van der Waals surface area contributed by atoms with Crippen LogP contribution in [0.25, 0.3) is 0 Å². The van der Waals surface area contributed by atoms with Crippen molar-refractivity contribution in [3.63, 3.8) is 0 Å². The summed E-state index contributed by atoms with van der Waals surface area (Å²) in [5.74, 6) is 0.605. The van der Waals surface area contributed by atoms with Crippen LogP contribution in [0.3, 0.4) is 0 Å². The van der Waals surface area contributed by atoms with E-state index in [9.17, 15) is 4.79 Å². The maximum Gasteiger partial charge on any atom is 0.240 e. The molecule has 78 valence electrons. The Labute approximate surface area is 89.3 Å². The highest BCUT2D eigenvalue weighted by Gasteiger charge is 2.15. The van der Waals surface area contributed by atoms with Crippen LogP contribution in [0, 0.1) is 0 Å². The second-order valence-corrected chi connectivity index (χ2v) is 4.01. The first-order valence-electron chi connectivity index (χ1n) is 5.43. The van der Waals surface area contributed by atoms with Gasteiger partial charge < -0.3 is 0 Å². The van der Waals surface area contributed by atoms with E-state index in [0.29, 0.717) is 11.6 Å². The molecule has 1 aliphatic rings.